The second-order valence-electron chi connectivity index (χ2n) is 13.2. The van der Waals surface area contributed by atoms with Crippen LogP contribution in [0.2, 0.25) is 0 Å². The van der Waals surface area contributed by atoms with Crippen LogP contribution in [0, 0.1) is 0 Å². The molecule has 10 heteroatoms. The predicted molar refractivity (Wildman–Crippen MR) is 159 cm³/mol. The number of carbonyl (C=O) groups excluding carboxylic acids is 1. The zero-order valence-corrected chi connectivity index (χ0v) is 25.9. The van der Waals surface area contributed by atoms with Gasteiger partial charge in [-0.25, -0.2) is 0 Å². The smallest absolute Gasteiger partial charge is 0.323 e. The van der Waals surface area contributed by atoms with Gasteiger partial charge in [0.1, 0.15) is 6.54 Å². The molecule has 1 amide bonds. The minimum absolute atomic E-state index is 0.0469. The summed E-state index contributed by atoms with van der Waals surface area (Å²) in [6, 6.07) is 6.05. The minimum atomic E-state index is -1.07. The van der Waals surface area contributed by atoms with Gasteiger partial charge in [0.15, 0.2) is 0 Å². The van der Waals surface area contributed by atoms with Crippen LogP contribution >= 0.6 is 0 Å². The van der Waals surface area contributed by atoms with Crippen molar-refractivity contribution < 1.29 is 24.6 Å². The van der Waals surface area contributed by atoms with Crippen LogP contribution in [0.25, 0.3) is 0 Å². The van der Waals surface area contributed by atoms with E-state index >= 15 is 0 Å². The molecule has 1 fully saturated rings. The first-order valence-corrected chi connectivity index (χ1v) is 14.2. The fraction of sp³-hybridized carbons (Fsp3) is 0.700. The van der Waals surface area contributed by atoms with Gasteiger partial charge in [0.25, 0.3) is 0 Å². The maximum absolute atomic E-state index is 13.9. The van der Waals surface area contributed by atoms with Crippen molar-refractivity contribution in [1.82, 2.24) is 19.6 Å². The Kier molecular flexibility index (Phi) is 12.1. The maximum Gasteiger partial charge on any atom is 0.323 e. The van der Waals surface area contributed by atoms with Crippen LogP contribution < -0.4 is 4.90 Å². The Morgan fingerprint density at radius 2 is 1.20 bits per heavy atom. The number of rotatable bonds is 7. The van der Waals surface area contributed by atoms with Crippen LogP contribution in [0.5, 0.6) is 0 Å². The van der Waals surface area contributed by atoms with Crippen LogP contribution in [0.15, 0.2) is 18.2 Å². The number of carbonyl (C=O) groups is 3. The highest BCUT2D eigenvalue weighted by Crippen LogP contribution is 2.36. The summed E-state index contributed by atoms with van der Waals surface area (Å²) in [5.41, 5.74) is 2.10. The molecule has 1 heterocycles. The number of aliphatic carboxylic acids is 2. The Balaban J connectivity index is 2.41. The summed E-state index contributed by atoms with van der Waals surface area (Å²) in [6.07, 6.45) is 0. The molecule has 2 rings (SSSR count). The SMILES string of the molecule is CN1CCN(C)CCN(CC(=O)N(CC(=O)O)c2cc(C(C)(C)C)ccc2C(C)(C)C)CCN(CC(=O)O)CC1. The van der Waals surface area contributed by atoms with E-state index in [4.69, 9.17) is 0 Å². The molecule has 40 heavy (non-hydrogen) atoms. The molecule has 1 aromatic rings. The number of hydrogen-bond donors (Lipinski definition) is 2. The summed E-state index contributed by atoms with van der Waals surface area (Å²) >= 11 is 0. The lowest BCUT2D eigenvalue weighted by Crippen LogP contribution is -2.49. The van der Waals surface area contributed by atoms with Crippen molar-refractivity contribution in [2.45, 2.75) is 52.4 Å². The number of carboxylic acids is 2. The third-order valence-electron chi connectivity index (χ3n) is 7.47. The molecule has 1 aliphatic rings. The van der Waals surface area contributed by atoms with Gasteiger partial charge < -0.3 is 20.0 Å². The van der Waals surface area contributed by atoms with Gasteiger partial charge in [-0.05, 0) is 42.1 Å². The number of amides is 1. The van der Waals surface area contributed by atoms with E-state index in [0.29, 0.717) is 31.9 Å². The monoisotopic (exact) mass is 561 g/mol. The first-order valence-electron chi connectivity index (χ1n) is 14.2. The van der Waals surface area contributed by atoms with Gasteiger partial charge in [0, 0.05) is 58.0 Å². The highest BCUT2D eigenvalue weighted by molar-refractivity contribution is 5.99. The first kappa shape index (κ1) is 33.7. The van der Waals surface area contributed by atoms with Crippen molar-refractivity contribution in [3.8, 4) is 0 Å². The molecule has 0 atom stereocenters. The number of anilines is 1. The third-order valence-corrected chi connectivity index (χ3v) is 7.47. The molecule has 1 aliphatic heterocycles. The Morgan fingerprint density at radius 1 is 0.725 bits per heavy atom. The van der Waals surface area contributed by atoms with Crippen LogP contribution in [0.4, 0.5) is 5.69 Å². The molecular weight excluding hydrogens is 510 g/mol. The average molecular weight is 562 g/mol. The van der Waals surface area contributed by atoms with Gasteiger partial charge in [-0.1, -0.05) is 53.7 Å². The predicted octanol–water partition coefficient (Wildman–Crippen LogP) is 2.27. The maximum atomic E-state index is 13.9. The number of hydrogen-bond acceptors (Lipinski definition) is 7. The number of benzene rings is 1. The molecule has 0 unspecified atom stereocenters. The van der Waals surface area contributed by atoms with Gasteiger partial charge in [0.2, 0.25) is 5.91 Å². The van der Waals surface area contributed by atoms with Crippen molar-refractivity contribution >= 4 is 23.5 Å². The molecule has 0 radical (unpaired) electrons. The summed E-state index contributed by atoms with van der Waals surface area (Å²) in [6.45, 7) is 17.5. The lowest BCUT2D eigenvalue weighted by molar-refractivity contribution is -0.138. The Hall–Kier alpha value is -2.53. The van der Waals surface area contributed by atoms with Crippen LogP contribution in [0.3, 0.4) is 0 Å². The molecule has 1 aromatic carbocycles. The summed E-state index contributed by atoms with van der Waals surface area (Å²) in [7, 11) is 4.10. The molecule has 10 nitrogen and oxygen atoms in total. The van der Waals surface area contributed by atoms with Crippen molar-refractivity contribution in [1.29, 1.82) is 0 Å². The summed E-state index contributed by atoms with van der Waals surface area (Å²) in [5, 5.41) is 19.3. The standard InChI is InChI=1S/C30H51N5O5/c1-29(2,3)23-9-10-24(30(4,5)6)25(19-23)35(22-28(39)40)26(36)20-33-15-13-31(7)11-12-32(8)14-16-34(18-17-33)21-27(37)38/h9-10,19H,11-18,20-22H2,1-8H3,(H,37,38)(H,39,40). The van der Waals surface area contributed by atoms with E-state index in [1.54, 1.807) is 0 Å². The van der Waals surface area contributed by atoms with E-state index < -0.39 is 18.5 Å². The Morgan fingerprint density at radius 3 is 1.65 bits per heavy atom. The number of likely N-dealkylation sites (N-methyl/N-ethyl adjacent to an activating group) is 2. The minimum Gasteiger partial charge on any atom is -0.480 e. The topological polar surface area (TPSA) is 108 Å². The molecule has 0 bridgehead atoms. The normalized spacial score (nSPS) is 18.1. The van der Waals surface area contributed by atoms with E-state index in [2.05, 4.69) is 64.5 Å². The van der Waals surface area contributed by atoms with Crippen molar-refractivity contribution in [2.24, 2.45) is 0 Å². The van der Waals surface area contributed by atoms with Gasteiger partial charge >= 0.3 is 11.9 Å². The van der Waals surface area contributed by atoms with Crippen molar-refractivity contribution in [3.05, 3.63) is 29.3 Å². The van der Waals surface area contributed by atoms with Gasteiger partial charge in [-0.15, -0.1) is 0 Å². The molecule has 1 saturated heterocycles. The van der Waals surface area contributed by atoms with E-state index in [-0.39, 0.29) is 29.8 Å². The lowest BCUT2D eigenvalue weighted by Gasteiger charge is -2.34. The molecule has 226 valence electrons. The second kappa shape index (κ2) is 14.4. The zero-order chi connectivity index (χ0) is 30.3. The molecule has 0 spiro atoms. The molecule has 0 aromatic heterocycles. The quantitative estimate of drug-likeness (QED) is 0.518. The Labute approximate surface area is 240 Å². The fourth-order valence-electron chi connectivity index (χ4n) is 4.78. The van der Waals surface area contributed by atoms with Gasteiger partial charge in [-0.2, -0.15) is 0 Å². The highest BCUT2D eigenvalue weighted by atomic mass is 16.4. The summed E-state index contributed by atoms with van der Waals surface area (Å²) in [5.74, 6) is -2.23. The highest BCUT2D eigenvalue weighted by Gasteiger charge is 2.29. The number of nitrogens with zero attached hydrogens (tertiary/aromatic N) is 5. The van der Waals surface area contributed by atoms with Crippen LogP contribution in [-0.2, 0) is 25.2 Å². The molecule has 2 N–H and O–H groups in total. The van der Waals surface area contributed by atoms with E-state index in [0.717, 1.165) is 37.3 Å². The van der Waals surface area contributed by atoms with Gasteiger partial charge in [-0.3, -0.25) is 29.1 Å². The van der Waals surface area contributed by atoms with Gasteiger partial charge in [0.05, 0.1) is 13.1 Å². The number of carboxylic acid groups (broad SMARTS) is 2. The second-order valence-corrected chi connectivity index (χ2v) is 13.2. The molecular formula is C30H51N5O5. The van der Waals surface area contributed by atoms with Crippen LogP contribution in [0.1, 0.15) is 52.7 Å². The van der Waals surface area contributed by atoms with E-state index in [9.17, 15) is 24.6 Å². The van der Waals surface area contributed by atoms with E-state index in [1.807, 2.05) is 29.0 Å². The molecule has 0 aliphatic carbocycles. The van der Waals surface area contributed by atoms with Crippen molar-refractivity contribution in [2.75, 3.05) is 91.0 Å². The average Bonchev–Trinajstić information content (AvgIpc) is 2.83. The van der Waals surface area contributed by atoms with Crippen molar-refractivity contribution in [3.63, 3.8) is 0 Å². The Bertz CT molecular complexity index is 1020. The lowest BCUT2D eigenvalue weighted by atomic mass is 9.80. The molecule has 0 saturated carbocycles. The van der Waals surface area contributed by atoms with E-state index in [1.165, 1.54) is 4.90 Å². The summed E-state index contributed by atoms with van der Waals surface area (Å²) in [4.78, 5) is 47.2. The third kappa shape index (κ3) is 10.8. The summed E-state index contributed by atoms with van der Waals surface area (Å²) < 4.78 is 0. The van der Waals surface area contributed by atoms with Crippen LogP contribution in [-0.4, -0.2) is 134 Å². The first-order chi connectivity index (χ1) is 18.5. The zero-order valence-electron chi connectivity index (χ0n) is 25.9. The largest absolute Gasteiger partial charge is 0.480 e. The fourth-order valence-corrected chi connectivity index (χ4v) is 4.78.